The Kier molecular flexibility index (Phi) is 5.81. The molecule has 0 aliphatic carbocycles. The summed E-state index contributed by atoms with van der Waals surface area (Å²) in [4.78, 5) is 20.5. The van der Waals surface area contributed by atoms with Crippen LogP contribution < -0.4 is 5.32 Å². The normalized spacial score (nSPS) is 10.8. The summed E-state index contributed by atoms with van der Waals surface area (Å²) in [6.07, 6.45) is 8.02. The topological polar surface area (TPSA) is 73.0 Å². The van der Waals surface area contributed by atoms with E-state index in [0.717, 1.165) is 23.4 Å². The fourth-order valence-electron chi connectivity index (χ4n) is 3.02. The van der Waals surface area contributed by atoms with Crippen molar-refractivity contribution in [3.05, 3.63) is 96.5 Å². The van der Waals surface area contributed by atoms with Crippen LogP contribution in [0.2, 0.25) is 0 Å². The van der Waals surface area contributed by atoms with E-state index in [1.54, 1.807) is 18.7 Å². The monoisotopic (exact) mass is 386 g/mol. The molecular formula is C23H22N4O2. The molecule has 0 spiro atoms. The number of amides is 1. The molecule has 0 atom stereocenters. The highest BCUT2D eigenvalue weighted by molar-refractivity contribution is 5.76. The van der Waals surface area contributed by atoms with Crippen LogP contribution in [0.1, 0.15) is 23.4 Å². The molecule has 0 aliphatic rings. The smallest absolute Gasteiger partial charge is 0.220 e. The minimum Gasteiger partial charge on any atom is -0.441 e. The summed E-state index contributed by atoms with van der Waals surface area (Å²) in [6, 6.07) is 18.0. The van der Waals surface area contributed by atoms with Gasteiger partial charge in [0.25, 0.3) is 0 Å². The molecule has 0 radical (unpaired) electrons. The first-order valence-corrected chi connectivity index (χ1v) is 9.57. The third-order valence-corrected chi connectivity index (χ3v) is 4.61. The largest absolute Gasteiger partial charge is 0.441 e. The van der Waals surface area contributed by atoms with Crippen molar-refractivity contribution in [3.63, 3.8) is 0 Å². The van der Waals surface area contributed by atoms with E-state index in [4.69, 9.17) is 4.42 Å². The number of aryl methyl sites for hydroxylation is 1. The van der Waals surface area contributed by atoms with Crippen molar-refractivity contribution in [2.45, 2.75) is 25.9 Å². The number of oxazole rings is 1. The molecule has 1 amide bonds. The van der Waals surface area contributed by atoms with Gasteiger partial charge in [-0.15, -0.1) is 0 Å². The molecule has 1 N–H and O–H groups in total. The summed E-state index contributed by atoms with van der Waals surface area (Å²) < 4.78 is 7.76. The van der Waals surface area contributed by atoms with Gasteiger partial charge < -0.3 is 14.3 Å². The lowest BCUT2D eigenvalue weighted by Crippen LogP contribution is -2.23. The fraction of sp³-hybridized carbons (Fsp3) is 0.174. The zero-order valence-electron chi connectivity index (χ0n) is 16.0. The number of aromatic nitrogens is 3. The van der Waals surface area contributed by atoms with Gasteiger partial charge in [-0.1, -0.05) is 54.6 Å². The average Bonchev–Trinajstić information content (AvgIpc) is 3.45. The molecular weight excluding hydrogens is 364 g/mol. The molecule has 2 aromatic heterocycles. The number of benzene rings is 2. The van der Waals surface area contributed by atoms with E-state index in [9.17, 15) is 4.79 Å². The molecule has 2 aromatic carbocycles. The van der Waals surface area contributed by atoms with Crippen molar-refractivity contribution in [1.82, 2.24) is 19.9 Å². The van der Waals surface area contributed by atoms with Gasteiger partial charge in [-0.2, -0.15) is 0 Å². The van der Waals surface area contributed by atoms with E-state index >= 15 is 0 Å². The Morgan fingerprint density at radius 2 is 1.83 bits per heavy atom. The van der Waals surface area contributed by atoms with Gasteiger partial charge in [-0.05, 0) is 11.1 Å². The zero-order chi connectivity index (χ0) is 19.9. The minimum atomic E-state index is -0.0213. The molecule has 6 heteroatoms. The van der Waals surface area contributed by atoms with E-state index in [2.05, 4.69) is 27.4 Å². The lowest BCUT2D eigenvalue weighted by molar-refractivity contribution is -0.121. The first-order valence-electron chi connectivity index (χ1n) is 9.57. The number of carbonyl (C=O) groups excluding carboxylic acids is 1. The molecule has 0 bridgehead atoms. The second kappa shape index (κ2) is 9.01. The van der Waals surface area contributed by atoms with E-state index in [1.807, 2.05) is 53.2 Å². The molecule has 0 saturated heterocycles. The van der Waals surface area contributed by atoms with Gasteiger partial charge in [0.2, 0.25) is 5.91 Å². The van der Waals surface area contributed by atoms with Crippen LogP contribution in [0.4, 0.5) is 0 Å². The Hall–Kier alpha value is -3.67. The number of nitrogens with one attached hydrogen (secondary N) is 1. The molecule has 0 aliphatic heterocycles. The minimum absolute atomic E-state index is 0.0213. The van der Waals surface area contributed by atoms with E-state index in [1.165, 1.54) is 5.56 Å². The summed E-state index contributed by atoms with van der Waals surface area (Å²) in [7, 11) is 0. The van der Waals surface area contributed by atoms with Gasteiger partial charge in [0.15, 0.2) is 11.7 Å². The first kappa shape index (κ1) is 18.7. The summed E-state index contributed by atoms with van der Waals surface area (Å²) in [5.41, 5.74) is 3.23. The van der Waals surface area contributed by atoms with Crippen LogP contribution in [0.25, 0.3) is 11.3 Å². The Morgan fingerprint density at radius 1 is 1.03 bits per heavy atom. The van der Waals surface area contributed by atoms with Crippen molar-refractivity contribution in [2.75, 3.05) is 0 Å². The SMILES string of the molecule is O=C(CCc1ncc(-c2ccccc2)o1)NCc1ccc(Cn2ccnc2)cc1. The van der Waals surface area contributed by atoms with E-state index in [0.29, 0.717) is 25.3 Å². The Morgan fingerprint density at radius 3 is 2.59 bits per heavy atom. The molecule has 4 aromatic rings. The summed E-state index contributed by atoms with van der Waals surface area (Å²) in [5, 5.41) is 2.95. The van der Waals surface area contributed by atoms with Crippen molar-refractivity contribution in [2.24, 2.45) is 0 Å². The number of hydrogen-bond acceptors (Lipinski definition) is 4. The fourth-order valence-corrected chi connectivity index (χ4v) is 3.02. The highest BCUT2D eigenvalue weighted by Gasteiger charge is 2.09. The Balaban J connectivity index is 1.22. The number of imidazole rings is 1. The van der Waals surface area contributed by atoms with Gasteiger partial charge in [-0.25, -0.2) is 9.97 Å². The van der Waals surface area contributed by atoms with Crippen LogP contribution in [0.3, 0.4) is 0 Å². The predicted octanol–water partition coefficient (Wildman–Crippen LogP) is 3.84. The number of nitrogens with zero attached hydrogens (tertiary/aromatic N) is 3. The summed E-state index contributed by atoms with van der Waals surface area (Å²) >= 11 is 0. The van der Waals surface area contributed by atoms with Crippen molar-refractivity contribution < 1.29 is 9.21 Å². The van der Waals surface area contributed by atoms with Crippen molar-refractivity contribution in [1.29, 1.82) is 0 Å². The number of rotatable bonds is 8. The van der Waals surface area contributed by atoms with Crippen molar-refractivity contribution in [3.8, 4) is 11.3 Å². The number of hydrogen-bond donors (Lipinski definition) is 1. The Labute approximate surface area is 169 Å². The van der Waals surface area contributed by atoms with Gasteiger partial charge in [-0.3, -0.25) is 4.79 Å². The van der Waals surface area contributed by atoms with Crippen LogP contribution >= 0.6 is 0 Å². The van der Waals surface area contributed by atoms with E-state index < -0.39 is 0 Å². The van der Waals surface area contributed by atoms with Crippen LogP contribution in [-0.4, -0.2) is 20.4 Å². The molecule has 0 unspecified atom stereocenters. The maximum atomic E-state index is 12.2. The highest BCUT2D eigenvalue weighted by Crippen LogP contribution is 2.20. The lowest BCUT2D eigenvalue weighted by Gasteiger charge is -2.07. The lowest BCUT2D eigenvalue weighted by atomic mass is 10.1. The highest BCUT2D eigenvalue weighted by atomic mass is 16.4. The molecule has 2 heterocycles. The quantitative estimate of drug-likeness (QED) is 0.499. The molecule has 146 valence electrons. The maximum Gasteiger partial charge on any atom is 0.220 e. The van der Waals surface area contributed by atoms with Crippen LogP contribution in [0, 0.1) is 0 Å². The van der Waals surface area contributed by atoms with Gasteiger partial charge in [0.05, 0.1) is 12.5 Å². The average molecular weight is 386 g/mol. The van der Waals surface area contributed by atoms with Gasteiger partial charge in [0.1, 0.15) is 0 Å². The number of carbonyl (C=O) groups is 1. The van der Waals surface area contributed by atoms with Crippen LogP contribution in [0.15, 0.2) is 83.9 Å². The second-order valence-electron chi connectivity index (χ2n) is 6.81. The van der Waals surface area contributed by atoms with E-state index in [-0.39, 0.29) is 5.91 Å². The molecule has 4 rings (SSSR count). The third kappa shape index (κ3) is 5.19. The zero-order valence-corrected chi connectivity index (χ0v) is 16.0. The summed E-state index contributed by atoms with van der Waals surface area (Å²) in [5.74, 6) is 1.27. The van der Waals surface area contributed by atoms with Gasteiger partial charge >= 0.3 is 0 Å². The summed E-state index contributed by atoms with van der Waals surface area (Å²) in [6.45, 7) is 1.29. The molecule has 0 saturated carbocycles. The van der Waals surface area contributed by atoms with Crippen LogP contribution in [0.5, 0.6) is 0 Å². The predicted molar refractivity (Wildman–Crippen MR) is 110 cm³/mol. The maximum absolute atomic E-state index is 12.2. The first-order chi connectivity index (χ1) is 14.3. The Bertz CT molecular complexity index is 1040. The van der Waals surface area contributed by atoms with Gasteiger partial charge in [0, 0.05) is 43.9 Å². The molecule has 29 heavy (non-hydrogen) atoms. The molecule has 0 fully saturated rings. The third-order valence-electron chi connectivity index (χ3n) is 4.61. The molecule has 6 nitrogen and oxygen atoms in total. The standard InChI is InChI=1S/C23H22N4O2/c28-22(10-11-23-26-15-21(29-23)20-4-2-1-3-5-20)25-14-18-6-8-19(9-7-18)16-27-13-12-24-17-27/h1-9,12-13,15,17H,10-11,14,16H2,(H,25,28). The van der Waals surface area contributed by atoms with Crippen molar-refractivity contribution >= 4 is 5.91 Å². The second-order valence-corrected chi connectivity index (χ2v) is 6.81. The van der Waals surface area contributed by atoms with Crippen LogP contribution in [-0.2, 0) is 24.3 Å².